The second-order valence-electron chi connectivity index (χ2n) is 5.02. The molecular formula is C16H16N2O2. The SMILES string of the molecule is Cc1ccncc1N1CCc2ccc(CO)cc2C1=O. The average Bonchev–Trinajstić information content (AvgIpc) is 2.48. The number of amides is 1. The van der Waals surface area contributed by atoms with Crippen molar-refractivity contribution in [2.24, 2.45) is 0 Å². The molecule has 0 saturated heterocycles. The van der Waals surface area contributed by atoms with Crippen LogP contribution in [0.1, 0.15) is 27.0 Å². The van der Waals surface area contributed by atoms with Crippen LogP contribution in [-0.2, 0) is 13.0 Å². The standard InChI is InChI=1S/C16H16N2O2/c1-11-4-6-17-9-15(11)18-7-5-13-3-2-12(10-19)8-14(13)16(18)20/h2-4,6,8-9,19H,5,7,10H2,1H3. The molecule has 1 aromatic carbocycles. The van der Waals surface area contributed by atoms with Crippen LogP contribution in [0.15, 0.2) is 36.7 Å². The molecule has 1 N–H and O–H groups in total. The first kappa shape index (κ1) is 12.8. The molecule has 0 bridgehead atoms. The predicted molar refractivity (Wildman–Crippen MR) is 76.7 cm³/mol. The van der Waals surface area contributed by atoms with E-state index >= 15 is 0 Å². The highest BCUT2D eigenvalue weighted by Crippen LogP contribution is 2.27. The summed E-state index contributed by atoms with van der Waals surface area (Å²) in [6.45, 7) is 2.59. The lowest BCUT2D eigenvalue weighted by Gasteiger charge is -2.29. The number of carbonyl (C=O) groups excluding carboxylic acids is 1. The summed E-state index contributed by atoms with van der Waals surface area (Å²) in [6, 6.07) is 7.50. The number of nitrogens with zero attached hydrogens (tertiary/aromatic N) is 2. The number of aromatic nitrogens is 1. The van der Waals surface area contributed by atoms with E-state index in [9.17, 15) is 9.90 Å². The van der Waals surface area contributed by atoms with Gasteiger partial charge in [-0.3, -0.25) is 9.78 Å². The van der Waals surface area contributed by atoms with Crippen molar-refractivity contribution in [2.45, 2.75) is 20.0 Å². The van der Waals surface area contributed by atoms with Crippen LogP contribution in [0.3, 0.4) is 0 Å². The van der Waals surface area contributed by atoms with Crippen LogP contribution in [0.5, 0.6) is 0 Å². The number of hydrogen-bond acceptors (Lipinski definition) is 3. The lowest BCUT2D eigenvalue weighted by molar-refractivity contribution is 0.0980. The lowest BCUT2D eigenvalue weighted by atomic mass is 9.96. The smallest absolute Gasteiger partial charge is 0.258 e. The van der Waals surface area contributed by atoms with E-state index in [1.54, 1.807) is 23.4 Å². The number of fused-ring (bicyclic) bond motifs is 1. The summed E-state index contributed by atoms with van der Waals surface area (Å²) in [7, 11) is 0. The van der Waals surface area contributed by atoms with E-state index in [2.05, 4.69) is 4.98 Å². The molecule has 0 saturated carbocycles. The van der Waals surface area contributed by atoms with Crippen LogP contribution in [-0.4, -0.2) is 22.5 Å². The molecule has 4 heteroatoms. The Balaban J connectivity index is 2.02. The molecule has 2 aromatic rings. The maximum absolute atomic E-state index is 12.7. The van der Waals surface area contributed by atoms with Crippen molar-refractivity contribution >= 4 is 11.6 Å². The third kappa shape index (κ3) is 2.08. The van der Waals surface area contributed by atoms with Gasteiger partial charge in [0, 0.05) is 18.3 Å². The summed E-state index contributed by atoms with van der Waals surface area (Å²) in [6.07, 6.45) is 4.28. The zero-order valence-corrected chi connectivity index (χ0v) is 11.3. The summed E-state index contributed by atoms with van der Waals surface area (Å²) in [4.78, 5) is 18.5. The minimum Gasteiger partial charge on any atom is -0.392 e. The molecule has 0 unspecified atom stereocenters. The molecule has 3 rings (SSSR count). The number of carbonyl (C=O) groups is 1. The monoisotopic (exact) mass is 268 g/mol. The number of anilines is 1. The van der Waals surface area contributed by atoms with Crippen LogP contribution in [0.4, 0.5) is 5.69 Å². The molecule has 102 valence electrons. The molecular weight excluding hydrogens is 252 g/mol. The number of hydrogen-bond donors (Lipinski definition) is 1. The fourth-order valence-electron chi connectivity index (χ4n) is 2.59. The van der Waals surface area contributed by atoms with Crippen LogP contribution in [0.2, 0.25) is 0 Å². The fourth-order valence-corrected chi connectivity index (χ4v) is 2.59. The second kappa shape index (κ2) is 5.06. The van der Waals surface area contributed by atoms with Gasteiger partial charge in [-0.1, -0.05) is 12.1 Å². The van der Waals surface area contributed by atoms with E-state index < -0.39 is 0 Å². The molecule has 0 spiro atoms. The van der Waals surface area contributed by atoms with Gasteiger partial charge in [0.15, 0.2) is 0 Å². The Kier molecular flexibility index (Phi) is 3.24. The zero-order chi connectivity index (χ0) is 14.1. The van der Waals surface area contributed by atoms with Crippen molar-refractivity contribution in [3.63, 3.8) is 0 Å². The summed E-state index contributed by atoms with van der Waals surface area (Å²) in [5.41, 5.74) is 4.39. The molecule has 20 heavy (non-hydrogen) atoms. The molecule has 0 fully saturated rings. The van der Waals surface area contributed by atoms with Gasteiger partial charge in [0.25, 0.3) is 5.91 Å². The summed E-state index contributed by atoms with van der Waals surface area (Å²) in [5, 5.41) is 9.22. The van der Waals surface area contributed by atoms with Gasteiger partial charge in [0.05, 0.1) is 18.5 Å². The first-order valence-electron chi connectivity index (χ1n) is 6.66. The van der Waals surface area contributed by atoms with Gasteiger partial charge >= 0.3 is 0 Å². The van der Waals surface area contributed by atoms with E-state index in [-0.39, 0.29) is 12.5 Å². The molecule has 0 atom stereocenters. The van der Waals surface area contributed by atoms with Gasteiger partial charge in [0.1, 0.15) is 0 Å². The summed E-state index contributed by atoms with van der Waals surface area (Å²) >= 11 is 0. The molecule has 0 aliphatic carbocycles. The van der Waals surface area contributed by atoms with Crippen molar-refractivity contribution in [1.29, 1.82) is 0 Å². The molecule has 0 radical (unpaired) electrons. The number of benzene rings is 1. The Labute approximate surface area is 117 Å². The summed E-state index contributed by atoms with van der Waals surface area (Å²) < 4.78 is 0. The lowest BCUT2D eigenvalue weighted by Crippen LogP contribution is -2.38. The number of pyridine rings is 1. The normalized spacial score (nSPS) is 14.3. The Morgan fingerprint density at radius 2 is 2.20 bits per heavy atom. The molecule has 2 heterocycles. The Bertz CT molecular complexity index is 667. The molecule has 1 aliphatic heterocycles. The Morgan fingerprint density at radius 1 is 1.35 bits per heavy atom. The highest BCUT2D eigenvalue weighted by Gasteiger charge is 2.26. The minimum absolute atomic E-state index is 0.0161. The van der Waals surface area contributed by atoms with Crippen molar-refractivity contribution in [2.75, 3.05) is 11.4 Å². The maximum Gasteiger partial charge on any atom is 0.258 e. The number of aryl methyl sites for hydroxylation is 1. The average molecular weight is 268 g/mol. The predicted octanol–water partition coefficient (Wildman–Crippen LogP) is 2.09. The van der Waals surface area contributed by atoms with Gasteiger partial charge in [-0.25, -0.2) is 0 Å². The molecule has 4 nitrogen and oxygen atoms in total. The van der Waals surface area contributed by atoms with Gasteiger partial charge in [-0.05, 0) is 42.2 Å². The third-order valence-electron chi connectivity index (χ3n) is 3.74. The van der Waals surface area contributed by atoms with Crippen molar-refractivity contribution in [3.05, 3.63) is 58.9 Å². The van der Waals surface area contributed by atoms with Gasteiger partial charge in [-0.15, -0.1) is 0 Å². The van der Waals surface area contributed by atoms with Crippen LogP contribution in [0.25, 0.3) is 0 Å². The maximum atomic E-state index is 12.7. The zero-order valence-electron chi connectivity index (χ0n) is 11.3. The highest BCUT2D eigenvalue weighted by atomic mass is 16.3. The molecule has 1 aromatic heterocycles. The summed E-state index contributed by atoms with van der Waals surface area (Å²) in [5.74, 6) is -0.0161. The van der Waals surface area contributed by atoms with E-state index in [0.29, 0.717) is 12.1 Å². The first-order valence-corrected chi connectivity index (χ1v) is 6.66. The Morgan fingerprint density at radius 3 is 2.95 bits per heavy atom. The number of aliphatic hydroxyl groups excluding tert-OH is 1. The highest BCUT2D eigenvalue weighted by molar-refractivity contribution is 6.08. The molecule has 1 aliphatic rings. The fraction of sp³-hybridized carbons (Fsp3) is 0.250. The third-order valence-corrected chi connectivity index (χ3v) is 3.74. The van der Waals surface area contributed by atoms with Crippen molar-refractivity contribution < 1.29 is 9.90 Å². The number of aliphatic hydroxyl groups is 1. The van der Waals surface area contributed by atoms with Crippen LogP contribution < -0.4 is 4.90 Å². The van der Waals surface area contributed by atoms with Crippen molar-refractivity contribution in [1.82, 2.24) is 4.98 Å². The van der Waals surface area contributed by atoms with E-state index in [0.717, 1.165) is 28.8 Å². The van der Waals surface area contributed by atoms with E-state index in [1.807, 2.05) is 25.1 Å². The van der Waals surface area contributed by atoms with Crippen molar-refractivity contribution in [3.8, 4) is 0 Å². The van der Waals surface area contributed by atoms with E-state index in [1.165, 1.54) is 0 Å². The largest absolute Gasteiger partial charge is 0.392 e. The van der Waals surface area contributed by atoms with Gasteiger partial charge in [0.2, 0.25) is 0 Å². The van der Waals surface area contributed by atoms with Gasteiger partial charge in [-0.2, -0.15) is 0 Å². The van der Waals surface area contributed by atoms with Crippen LogP contribution >= 0.6 is 0 Å². The first-order chi connectivity index (χ1) is 9.70. The van der Waals surface area contributed by atoms with Gasteiger partial charge < -0.3 is 10.0 Å². The van der Waals surface area contributed by atoms with E-state index in [4.69, 9.17) is 0 Å². The topological polar surface area (TPSA) is 53.4 Å². The quantitative estimate of drug-likeness (QED) is 0.907. The minimum atomic E-state index is -0.0491. The second-order valence-corrected chi connectivity index (χ2v) is 5.02. The Hall–Kier alpha value is -2.20. The van der Waals surface area contributed by atoms with Crippen LogP contribution in [0, 0.1) is 6.92 Å². The number of rotatable bonds is 2. The molecule has 1 amide bonds.